The van der Waals surface area contributed by atoms with Crippen molar-refractivity contribution < 1.29 is 14.3 Å². The third-order valence-electron chi connectivity index (χ3n) is 4.34. The Morgan fingerprint density at radius 1 is 1.04 bits per heavy atom. The molecule has 0 fully saturated rings. The van der Waals surface area contributed by atoms with E-state index in [1.807, 2.05) is 32.0 Å². The van der Waals surface area contributed by atoms with E-state index in [1.54, 1.807) is 36.4 Å². The van der Waals surface area contributed by atoms with Crippen molar-refractivity contribution in [2.45, 2.75) is 13.8 Å². The molecule has 3 aromatic carbocycles. The fourth-order valence-electron chi connectivity index (χ4n) is 3.07. The summed E-state index contributed by atoms with van der Waals surface area (Å²) in [6, 6.07) is 17.7. The summed E-state index contributed by atoms with van der Waals surface area (Å²) in [4.78, 5) is 16.9. The maximum Gasteiger partial charge on any atom is 0.255 e. The number of nitrogens with zero attached hydrogens (tertiary/aromatic N) is 1. The minimum atomic E-state index is -0.226. The Morgan fingerprint density at radius 2 is 1.81 bits per heavy atom. The average molecular weight is 358 g/mol. The second-order valence-electron chi connectivity index (χ2n) is 6.50. The van der Waals surface area contributed by atoms with E-state index < -0.39 is 0 Å². The number of rotatable bonds is 3. The maximum atomic E-state index is 12.4. The van der Waals surface area contributed by atoms with Gasteiger partial charge in [0.15, 0.2) is 5.58 Å². The number of hydrogen-bond donors (Lipinski definition) is 2. The van der Waals surface area contributed by atoms with E-state index >= 15 is 0 Å². The van der Waals surface area contributed by atoms with E-state index in [4.69, 9.17) is 4.42 Å². The first-order valence-corrected chi connectivity index (χ1v) is 8.59. The monoisotopic (exact) mass is 358 g/mol. The molecule has 1 aromatic heterocycles. The Bertz CT molecular complexity index is 1150. The number of fused-ring (bicyclic) bond motifs is 1. The average Bonchev–Trinajstić information content (AvgIpc) is 3.08. The molecule has 0 aliphatic rings. The van der Waals surface area contributed by atoms with Crippen molar-refractivity contribution in [3.05, 3.63) is 77.4 Å². The summed E-state index contributed by atoms with van der Waals surface area (Å²) in [5.41, 5.74) is 5.03. The molecular weight excluding hydrogens is 340 g/mol. The summed E-state index contributed by atoms with van der Waals surface area (Å²) in [6.45, 7) is 3.96. The van der Waals surface area contributed by atoms with Gasteiger partial charge in [0.25, 0.3) is 5.91 Å². The van der Waals surface area contributed by atoms with Crippen LogP contribution in [0.25, 0.3) is 22.6 Å². The molecule has 0 radical (unpaired) electrons. The van der Waals surface area contributed by atoms with Gasteiger partial charge in [-0.15, -0.1) is 0 Å². The number of hydrogen-bond acceptors (Lipinski definition) is 4. The summed E-state index contributed by atoms with van der Waals surface area (Å²) >= 11 is 0. The van der Waals surface area contributed by atoms with Gasteiger partial charge in [-0.25, -0.2) is 4.98 Å². The van der Waals surface area contributed by atoms with Crippen LogP contribution in [0.4, 0.5) is 5.69 Å². The van der Waals surface area contributed by atoms with Crippen molar-refractivity contribution in [1.82, 2.24) is 4.98 Å². The molecule has 0 aliphatic heterocycles. The molecule has 1 amide bonds. The number of aryl methyl sites for hydroxylation is 2. The van der Waals surface area contributed by atoms with Gasteiger partial charge in [0.05, 0.1) is 5.56 Å². The molecule has 27 heavy (non-hydrogen) atoms. The van der Waals surface area contributed by atoms with Crippen LogP contribution >= 0.6 is 0 Å². The highest BCUT2D eigenvalue weighted by atomic mass is 16.3. The highest BCUT2D eigenvalue weighted by Crippen LogP contribution is 2.34. The predicted molar refractivity (Wildman–Crippen MR) is 105 cm³/mol. The van der Waals surface area contributed by atoms with Crippen LogP contribution in [0.1, 0.15) is 21.5 Å². The fourth-order valence-corrected chi connectivity index (χ4v) is 3.07. The van der Waals surface area contributed by atoms with Gasteiger partial charge in [-0.05, 0) is 61.4 Å². The molecule has 0 spiro atoms. The number of oxazole rings is 1. The number of aromatic nitrogens is 1. The van der Waals surface area contributed by atoms with Gasteiger partial charge in [-0.1, -0.05) is 24.3 Å². The smallest absolute Gasteiger partial charge is 0.255 e. The third kappa shape index (κ3) is 3.27. The first-order chi connectivity index (χ1) is 13.0. The van der Waals surface area contributed by atoms with Crippen molar-refractivity contribution in [2.24, 2.45) is 0 Å². The van der Waals surface area contributed by atoms with Crippen LogP contribution in [0.15, 0.2) is 65.1 Å². The lowest BCUT2D eigenvalue weighted by Gasteiger charge is -2.07. The number of amides is 1. The van der Waals surface area contributed by atoms with Crippen molar-refractivity contribution in [3.63, 3.8) is 0 Å². The standard InChI is InChI=1S/C22H18N2O3/c1-13-10-14(2)20-18(11-13)24-22(27-20)17-12-16(8-9-19(17)25)23-21(26)15-6-4-3-5-7-15/h3-12,25H,1-2H3,(H,23,26). The maximum absolute atomic E-state index is 12.4. The van der Waals surface area contributed by atoms with E-state index in [1.165, 1.54) is 6.07 Å². The zero-order chi connectivity index (χ0) is 19.0. The van der Waals surface area contributed by atoms with Crippen molar-refractivity contribution in [2.75, 3.05) is 5.32 Å². The molecule has 0 unspecified atom stereocenters. The molecular formula is C22H18N2O3. The number of anilines is 1. The molecule has 4 rings (SSSR count). The van der Waals surface area contributed by atoms with Crippen LogP contribution in [0.2, 0.25) is 0 Å². The van der Waals surface area contributed by atoms with Gasteiger partial charge >= 0.3 is 0 Å². The van der Waals surface area contributed by atoms with Gasteiger partial charge < -0.3 is 14.8 Å². The zero-order valence-corrected chi connectivity index (χ0v) is 15.0. The predicted octanol–water partition coefficient (Wildman–Crippen LogP) is 5.07. The molecule has 0 bridgehead atoms. The van der Waals surface area contributed by atoms with Gasteiger partial charge in [-0.3, -0.25) is 4.79 Å². The number of carbonyl (C=O) groups excluding carboxylic acids is 1. The Labute approximate surface area is 156 Å². The first kappa shape index (κ1) is 16.8. The number of phenols is 1. The van der Waals surface area contributed by atoms with Gasteiger partial charge in [-0.2, -0.15) is 0 Å². The Hall–Kier alpha value is -3.60. The largest absolute Gasteiger partial charge is 0.507 e. The second-order valence-corrected chi connectivity index (χ2v) is 6.50. The van der Waals surface area contributed by atoms with Crippen LogP contribution in [0, 0.1) is 13.8 Å². The quantitative estimate of drug-likeness (QED) is 0.501. The SMILES string of the molecule is Cc1cc(C)c2oc(-c3cc(NC(=O)c4ccccc4)ccc3O)nc2c1. The number of carbonyl (C=O) groups is 1. The minimum Gasteiger partial charge on any atom is -0.507 e. The van der Waals surface area contributed by atoms with Crippen LogP contribution in [-0.4, -0.2) is 16.0 Å². The van der Waals surface area contributed by atoms with Gasteiger partial charge in [0.2, 0.25) is 5.89 Å². The molecule has 0 aliphatic carbocycles. The third-order valence-corrected chi connectivity index (χ3v) is 4.34. The fraction of sp³-hybridized carbons (Fsp3) is 0.0909. The summed E-state index contributed by atoms with van der Waals surface area (Å²) in [7, 11) is 0. The lowest BCUT2D eigenvalue weighted by Crippen LogP contribution is -2.11. The van der Waals surface area contributed by atoms with Crippen molar-refractivity contribution in [1.29, 1.82) is 0 Å². The molecule has 1 heterocycles. The number of aromatic hydroxyl groups is 1. The van der Waals surface area contributed by atoms with E-state index in [2.05, 4.69) is 10.3 Å². The molecule has 4 aromatic rings. The molecule has 134 valence electrons. The Morgan fingerprint density at radius 3 is 2.59 bits per heavy atom. The Balaban J connectivity index is 1.71. The van der Waals surface area contributed by atoms with E-state index in [0.717, 1.165) is 16.6 Å². The molecule has 5 nitrogen and oxygen atoms in total. The van der Waals surface area contributed by atoms with Gasteiger partial charge in [0.1, 0.15) is 11.3 Å². The highest BCUT2D eigenvalue weighted by Gasteiger charge is 2.15. The molecule has 5 heteroatoms. The van der Waals surface area contributed by atoms with Crippen LogP contribution in [-0.2, 0) is 0 Å². The topological polar surface area (TPSA) is 75.4 Å². The first-order valence-electron chi connectivity index (χ1n) is 8.59. The van der Waals surface area contributed by atoms with E-state index in [-0.39, 0.29) is 11.7 Å². The summed E-state index contributed by atoms with van der Waals surface area (Å²) in [5, 5.41) is 13.1. The summed E-state index contributed by atoms with van der Waals surface area (Å²) in [5.74, 6) is 0.122. The van der Waals surface area contributed by atoms with E-state index in [0.29, 0.717) is 28.3 Å². The Kier molecular flexibility index (Phi) is 4.12. The lowest BCUT2D eigenvalue weighted by molar-refractivity contribution is 0.102. The molecule has 0 saturated carbocycles. The van der Waals surface area contributed by atoms with Gasteiger partial charge in [0, 0.05) is 11.3 Å². The molecule has 0 atom stereocenters. The van der Waals surface area contributed by atoms with Crippen molar-refractivity contribution >= 4 is 22.7 Å². The zero-order valence-electron chi connectivity index (χ0n) is 15.0. The normalized spacial score (nSPS) is 10.9. The summed E-state index contributed by atoms with van der Waals surface area (Å²) in [6.07, 6.45) is 0. The molecule has 0 saturated heterocycles. The van der Waals surface area contributed by atoms with Crippen LogP contribution in [0.3, 0.4) is 0 Å². The van der Waals surface area contributed by atoms with Crippen LogP contribution in [0.5, 0.6) is 5.75 Å². The summed E-state index contributed by atoms with van der Waals surface area (Å²) < 4.78 is 5.88. The van der Waals surface area contributed by atoms with Crippen molar-refractivity contribution in [3.8, 4) is 17.2 Å². The molecule has 2 N–H and O–H groups in total. The number of nitrogens with one attached hydrogen (secondary N) is 1. The minimum absolute atomic E-state index is 0.0358. The number of phenolic OH excluding ortho intramolecular Hbond substituents is 1. The van der Waals surface area contributed by atoms with Crippen LogP contribution < -0.4 is 5.32 Å². The lowest BCUT2D eigenvalue weighted by atomic mass is 10.1. The second kappa shape index (κ2) is 6.61. The number of benzene rings is 3. The van der Waals surface area contributed by atoms with E-state index in [9.17, 15) is 9.90 Å². The highest BCUT2D eigenvalue weighted by molar-refractivity contribution is 6.04.